The molecule has 1 heterocycles. The third kappa shape index (κ3) is 4.62. The van der Waals surface area contributed by atoms with Crippen LogP contribution in [-0.4, -0.2) is 63.7 Å². The molecule has 1 saturated heterocycles. The third-order valence-corrected chi connectivity index (χ3v) is 3.22. The molecule has 1 rings (SSSR count). The van der Waals surface area contributed by atoms with Crippen molar-refractivity contribution in [2.75, 3.05) is 46.9 Å². The summed E-state index contributed by atoms with van der Waals surface area (Å²) in [6.07, 6.45) is 1.51. The Labute approximate surface area is 108 Å². The van der Waals surface area contributed by atoms with Gasteiger partial charge in [0, 0.05) is 39.7 Å². The third-order valence-electron chi connectivity index (χ3n) is 3.22. The van der Waals surface area contributed by atoms with E-state index >= 15 is 0 Å². The van der Waals surface area contributed by atoms with Crippen LogP contribution in [0.4, 0.5) is 0 Å². The van der Waals surface area contributed by atoms with Crippen molar-refractivity contribution in [2.24, 2.45) is 5.92 Å². The van der Waals surface area contributed by atoms with Gasteiger partial charge in [-0.1, -0.05) is 0 Å². The summed E-state index contributed by atoms with van der Waals surface area (Å²) < 4.78 is 4.89. The lowest BCUT2D eigenvalue weighted by Crippen LogP contribution is -2.45. The Balaban J connectivity index is 2.21. The lowest BCUT2D eigenvalue weighted by Gasteiger charge is -2.31. The molecular weight excluding hydrogens is 234 g/mol. The number of piperidine rings is 1. The molecule has 0 aromatic rings. The number of methoxy groups -OCH3 is 1. The van der Waals surface area contributed by atoms with Gasteiger partial charge in [0.1, 0.15) is 0 Å². The molecule has 2 amide bonds. The van der Waals surface area contributed by atoms with Crippen molar-refractivity contribution in [1.82, 2.24) is 15.5 Å². The second-order valence-corrected chi connectivity index (χ2v) is 4.44. The van der Waals surface area contributed by atoms with Gasteiger partial charge in [0.15, 0.2) is 0 Å². The number of likely N-dealkylation sites (tertiary alicyclic amines) is 1. The molecule has 104 valence electrons. The minimum atomic E-state index is 0.0560. The molecule has 1 aliphatic rings. The Bertz CT molecular complexity index is 276. The SMILES string of the molecule is CNC(=O)C1CCN(C(=O)CNCCOC)CC1. The van der Waals surface area contributed by atoms with Crippen molar-refractivity contribution >= 4 is 11.8 Å². The van der Waals surface area contributed by atoms with Gasteiger partial charge in [0.2, 0.25) is 11.8 Å². The topological polar surface area (TPSA) is 70.7 Å². The molecule has 6 heteroatoms. The van der Waals surface area contributed by atoms with Crippen LogP contribution in [0.15, 0.2) is 0 Å². The predicted octanol–water partition coefficient (Wildman–Crippen LogP) is -0.793. The summed E-state index contributed by atoms with van der Waals surface area (Å²) in [5.74, 6) is 0.238. The number of nitrogens with one attached hydrogen (secondary N) is 2. The predicted molar refractivity (Wildman–Crippen MR) is 68.1 cm³/mol. The molecule has 0 bridgehead atoms. The molecule has 0 aromatic heterocycles. The van der Waals surface area contributed by atoms with Crippen molar-refractivity contribution < 1.29 is 14.3 Å². The highest BCUT2D eigenvalue weighted by atomic mass is 16.5. The van der Waals surface area contributed by atoms with E-state index in [1.54, 1.807) is 14.2 Å². The Hall–Kier alpha value is -1.14. The first-order valence-corrected chi connectivity index (χ1v) is 6.38. The summed E-state index contributed by atoms with van der Waals surface area (Å²) >= 11 is 0. The summed E-state index contributed by atoms with van der Waals surface area (Å²) in [6.45, 7) is 2.96. The van der Waals surface area contributed by atoms with Crippen molar-refractivity contribution in [3.63, 3.8) is 0 Å². The van der Waals surface area contributed by atoms with Crippen molar-refractivity contribution in [3.05, 3.63) is 0 Å². The molecule has 0 unspecified atom stereocenters. The Morgan fingerprint density at radius 3 is 2.56 bits per heavy atom. The number of ether oxygens (including phenoxy) is 1. The van der Waals surface area contributed by atoms with Gasteiger partial charge in [0.05, 0.1) is 13.2 Å². The maximum atomic E-state index is 11.8. The fraction of sp³-hybridized carbons (Fsp3) is 0.833. The van der Waals surface area contributed by atoms with E-state index in [0.29, 0.717) is 32.8 Å². The summed E-state index contributed by atoms with van der Waals surface area (Å²) in [6, 6.07) is 0. The second-order valence-electron chi connectivity index (χ2n) is 4.44. The molecule has 0 saturated carbocycles. The van der Waals surface area contributed by atoms with Crippen LogP contribution in [0.25, 0.3) is 0 Å². The van der Waals surface area contributed by atoms with E-state index in [0.717, 1.165) is 12.8 Å². The fourth-order valence-electron chi connectivity index (χ4n) is 2.08. The molecule has 1 fully saturated rings. The van der Waals surface area contributed by atoms with Gasteiger partial charge in [-0.25, -0.2) is 0 Å². The maximum absolute atomic E-state index is 11.8. The smallest absolute Gasteiger partial charge is 0.236 e. The van der Waals surface area contributed by atoms with Crippen LogP contribution >= 0.6 is 0 Å². The monoisotopic (exact) mass is 257 g/mol. The normalized spacial score (nSPS) is 16.7. The number of carbonyl (C=O) groups is 2. The first-order chi connectivity index (χ1) is 8.69. The van der Waals surface area contributed by atoms with E-state index in [9.17, 15) is 9.59 Å². The molecule has 0 aliphatic carbocycles. The van der Waals surface area contributed by atoms with Crippen LogP contribution in [0, 0.1) is 5.92 Å². The Kier molecular flexibility index (Phi) is 6.67. The minimum Gasteiger partial charge on any atom is -0.383 e. The van der Waals surface area contributed by atoms with Crippen LogP contribution in [0.1, 0.15) is 12.8 Å². The minimum absolute atomic E-state index is 0.0560. The molecule has 18 heavy (non-hydrogen) atoms. The highest BCUT2D eigenvalue weighted by Crippen LogP contribution is 2.16. The molecule has 0 radical (unpaired) electrons. The van der Waals surface area contributed by atoms with Gasteiger partial charge in [0.25, 0.3) is 0 Å². The van der Waals surface area contributed by atoms with E-state index < -0.39 is 0 Å². The lowest BCUT2D eigenvalue weighted by molar-refractivity contribution is -0.134. The van der Waals surface area contributed by atoms with Gasteiger partial charge in [-0.2, -0.15) is 0 Å². The zero-order chi connectivity index (χ0) is 13.4. The van der Waals surface area contributed by atoms with Gasteiger partial charge in [-0.15, -0.1) is 0 Å². The maximum Gasteiger partial charge on any atom is 0.236 e. The second kappa shape index (κ2) is 8.05. The highest BCUT2D eigenvalue weighted by Gasteiger charge is 2.26. The van der Waals surface area contributed by atoms with E-state index in [1.165, 1.54) is 0 Å². The first kappa shape index (κ1) is 14.9. The number of rotatable bonds is 6. The number of hydrogen-bond donors (Lipinski definition) is 2. The number of nitrogens with zero attached hydrogens (tertiary/aromatic N) is 1. The standard InChI is InChI=1S/C12H23N3O3/c1-13-12(17)10-3-6-15(7-4-10)11(16)9-14-5-8-18-2/h10,14H,3-9H2,1-2H3,(H,13,17). The van der Waals surface area contributed by atoms with Crippen molar-refractivity contribution in [3.8, 4) is 0 Å². The molecule has 0 atom stereocenters. The molecule has 0 aromatic carbocycles. The van der Waals surface area contributed by atoms with Crippen molar-refractivity contribution in [2.45, 2.75) is 12.8 Å². The number of amides is 2. The van der Waals surface area contributed by atoms with Gasteiger partial charge >= 0.3 is 0 Å². The Morgan fingerprint density at radius 2 is 2.00 bits per heavy atom. The van der Waals surface area contributed by atoms with E-state index in [1.807, 2.05) is 4.90 Å². The van der Waals surface area contributed by atoms with E-state index in [2.05, 4.69) is 10.6 Å². The van der Waals surface area contributed by atoms with Crippen LogP contribution in [0.3, 0.4) is 0 Å². The Morgan fingerprint density at radius 1 is 1.33 bits per heavy atom. The van der Waals surface area contributed by atoms with Crippen LogP contribution in [0.2, 0.25) is 0 Å². The summed E-state index contributed by atoms with van der Waals surface area (Å²) in [4.78, 5) is 25.1. The molecule has 0 spiro atoms. The first-order valence-electron chi connectivity index (χ1n) is 6.38. The van der Waals surface area contributed by atoms with E-state index in [-0.39, 0.29) is 17.7 Å². The van der Waals surface area contributed by atoms with Gasteiger partial charge in [-0.3, -0.25) is 9.59 Å². The summed E-state index contributed by atoms with van der Waals surface area (Å²) in [7, 11) is 3.28. The van der Waals surface area contributed by atoms with E-state index in [4.69, 9.17) is 4.74 Å². The largest absolute Gasteiger partial charge is 0.383 e. The molecular formula is C12H23N3O3. The van der Waals surface area contributed by atoms with Crippen LogP contribution in [-0.2, 0) is 14.3 Å². The average molecular weight is 257 g/mol. The van der Waals surface area contributed by atoms with Gasteiger partial charge in [-0.05, 0) is 12.8 Å². The lowest BCUT2D eigenvalue weighted by atomic mass is 9.96. The molecule has 6 nitrogen and oxygen atoms in total. The fourth-order valence-corrected chi connectivity index (χ4v) is 2.08. The summed E-state index contributed by atoms with van der Waals surface area (Å²) in [5.41, 5.74) is 0. The highest BCUT2D eigenvalue weighted by molar-refractivity contribution is 5.80. The number of hydrogen-bond acceptors (Lipinski definition) is 4. The van der Waals surface area contributed by atoms with Crippen molar-refractivity contribution in [1.29, 1.82) is 0 Å². The summed E-state index contributed by atoms with van der Waals surface area (Å²) in [5, 5.41) is 5.69. The quantitative estimate of drug-likeness (QED) is 0.612. The van der Waals surface area contributed by atoms with Gasteiger partial charge < -0.3 is 20.3 Å². The zero-order valence-electron chi connectivity index (χ0n) is 11.2. The van der Waals surface area contributed by atoms with Crippen LogP contribution in [0.5, 0.6) is 0 Å². The number of carbonyl (C=O) groups excluding carboxylic acids is 2. The zero-order valence-corrected chi connectivity index (χ0v) is 11.2. The average Bonchev–Trinajstić information content (AvgIpc) is 2.42. The molecule has 2 N–H and O–H groups in total. The molecule has 1 aliphatic heterocycles. The van der Waals surface area contributed by atoms with Crippen LogP contribution < -0.4 is 10.6 Å².